The molecule has 1 saturated heterocycles. The molecule has 0 bridgehead atoms. The van der Waals surface area contributed by atoms with Gasteiger partial charge in [-0.25, -0.2) is 8.42 Å². The van der Waals surface area contributed by atoms with Crippen LogP contribution in [-0.2, 0) is 14.8 Å². The Kier molecular flexibility index (Phi) is 5.22. The van der Waals surface area contributed by atoms with Crippen molar-refractivity contribution < 1.29 is 13.2 Å². The van der Waals surface area contributed by atoms with Crippen LogP contribution in [0.2, 0.25) is 0 Å². The van der Waals surface area contributed by atoms with Gasteiger partial charge in [-0.05, 0) is 45.1 Å². The zero-order chi connectivity index (χ0) is 13.9. The molecule has 0 spiro atoms. The Hall–Kier alpha value is -0.170. The molecule has 0 aromatic heterocycles. The van der Waals surface area contributed by atoms with Crippen LogP contribution >= 0.6 is 0 Å². The topological polar surface area (TPSA) is 58.6 Å². The molecule has 19 heavy (non-hydrogen) atoms. The lowest BCUT2D eigenvalue weighted by molar-refractivity contribution is 0.164. The molecule has 0 amide bonds. The van der Waals surface area contributed by atoms with E-state index in [-0.39, 0.29) is 17.8 Å². The van der Waals surface area contributed by atoms with Crippen LogP contribution in [-0.4, -0.2) is 57.4 Å². The summed E-state index contributed by atoms with van der Waals surface area (Å²) in [6.07, 6.45) is 4.36. The maximum absolute atomic E-state index is 12.6. The van der Waals surface area contributed by atoms with Gasteiger partial charge in [0.2, 0.25) is 10.0 Å². The van der Waals surface area contributed by atoms with Crippen LogP contribution < -0.4 is 5.32 Å². The highest BCUT2D eigenvalue weighted by Crippen LogP contribution is 2.36. The fourth-order valence-electron chi connectivity index (χ4n) is 2.84. The first-order valence-electron chi connectivity index (χ1n) is 7.26. The Bertz CT molecular complexity index is 375. The SMILES string of the molecule is COCCN(C(C)C1CC1)S(=O)(=O)CC1CCCN1. The summed E-state index contributed by atoms with van der Waals surface area (Å²) < 4.78 is 31.9. The number of nitrogens with one attached hydrogen (secondary N) is 1. The van der Waals surface area contributed by atoms with E-state index in [0.29, 0.717) is 19.1 Å². The van der Waals surface area contributed by atoms with E-state index in [1.54, 1.807) is 11.4 Å². The molecule has 112 valence electrons. The van der Waals surface area contributed by atoms with Gasteiger partial charge in [0, 0.05) is 25.7 Å². The number of hydrogen-bond donors (Lipinski definition) is 1. The first-order chi connectivity index (χ1) is 9.04. The fraction of sp³-hybridized carbons (Fsp3) is 1.00. The molecule has 2 fully saturated rings. The van der Waals surface area contributed by atoms with Crippen molar-refractivity contribution in [1.82, 2.24) is 9.62 Å². The second-order valence-corrected chi connectivity index (χ2v) is 7.72. The number of nitrogens with zero attached hydrogens (tertiary/aromatic N) is 1. The second-order valence-electron chi connectivity index (χ2n) is 5.75. The number of sulfonamides is 1. The van der Waals surface area contributed by atoms with E-state index in [1.165, 1.54) is 0 Å². The van der Waals surface area contributed by atoms with Crippen molar-refractivity contribution in [2.45, 2.75) is 44.7 Å². The summed E-state index contributed by atoms with van der Waals surface area (Å²) in [4.78, 5) is 0. The minimum Gasteiger partial charge on any atom is -0.383 e. The van der Waals surface area contributed by atoms with Gasteiger partial charge in [-0.15, -0.1) is 0 Å². The van der Waals surface area contributed by atoms with Crippen molar-refractivity contribution in [1.29, 1.82) is 0 Å². The van der Waals surface area contributed by atoms with Crippen LogP contribution in [0, 0.1) is 5.92 Å². The molecule has 0 aromatic carbocycles. The molecule has 5 nitrogen and oxygen atoms in total. The molecule has 2 rings (SSSR count). The molecule has 1 N–H and O–H groups in total. The number of rotatable bonds is 8. The number of methoxy groups -OCH3 is 1. The molecule has 1 saturated carbocycles. The van der Waals surface area contributed by atoms with Gasteiger partial charge in [0.25, 0.3) is 0 Å². The van der Waals surface area contributed by atoms with Gasteiger partial charge >= 0.3 is 0 Å². The second kappa shape index (κ2) is 6.52. The molecule has 0 aromatic rings. The van der Waals surface area contributed by atoms with E-state index in [0.717, 1.165) is 32.2 Å². The average molecular weight is 290 g/mol. The van der Waals surface area contributed by atoms with E-state index < -0.39 is 10.0 Å². The predicted octanol–water partition coefficient (Wildman–Crippen LogP) is 0.815. The quantitative estimate of drug-likeness (QED) is 0.719. The van der Waals surface area contributed by atoms with Gasteiger partial charge in [0.05, 0.1) is 12.4 Å². The highest BCUT2D eigenvalue weighted by Gasteiger charge is 2.38. The van der Waals surface area contributed by atoms with Gasteiger partial charge < -0.3 is 10.1 Å². The molecule has 1 heterocycles. The van der Waals surface area contributed by atoms with Crippen molar-refractivity contribution in [2.24, 2.45) is 5.92 Å². The highest BCUT2D eigenvalue weighted by molar-refractivity contribution is 7.89. The first kappa shape index (κ1) is 15.2. The third-order valence-corrected chi connectivity index (χ3v) is 6.26. The maximum atomic E-state index is 12.6. The van der Waals surface area contributed by atoms with Crippen LogP contribution in [0.5, 0.6) is 0 Å². The minimum absolute atomic E-state index is 0.113. The smallest absolute Gasteiger partial charge is 0.215 e. The van der Waals surface area contributed by atoms with Gasteiger partial charge in [-0.2, -0.15) is 4.31 Å². The van der Waals surface area contributed by atoms with Crippen molar-refractivity contribution in [3.05, 3.63) is 0 Å². The molecule has 1 aliphatic carbocycles. The van der Waals surface area contributed by atoms with Crippen LogP contribution in [0.4, 0.5) is 0 Å². The summed E-state index contributed by atoms with van der Waals surface area (Å²) in [6.45, 7) is 3.92. The van der Waals surface area contributed by atoms with Crippen LogP contribution in [0.1, 0.15) is 32.6 Å². The summed E-state index contributed by atoms with van der Waals surface area (Å²) >= 11 is 0. The van der Waals surface area contributed by atoms with E-state index >= 15 is 0 Å². The Labute approximate surface area is 116 Å². The molecular formula is C13H26N2O3S. The van der Waals surface area contributed by atoms with Gasteiger partial charge in [0.1, 0.15) is 0 Å². The Balaban J connectivity index is 2.01. The molecular weight excluding hydrogens is 264 g/mol. The minimum atomic E-state index is -3.19. The third kappa shape index (κ3) is 4.15. The van der Waals surface area contributed by atoms with Gasteiger partial charge in [0.15, 0.2) is 0 Å². The fourth-order valence-corrected chi connectivity index (χ4v) is 4.86. The molecule has 2 atom stereocenters. The average Bonchev–Trinajstić information content (AvgIpc) is 3.09. The van der Waals surface area contributed by atoms with E-state index in [2.05, 4.69) is 5.32 Å². The van der Waals surface area contributed by atoms with Crippen LogP contribution in [0.3, 0.4) is 0 Å². The largest absolute Gasteiger partial charge is 0.383 e. The van der Waals surface area contributed by atoms with E-state index in [9.17, 15) is 8.42 Å². The molecule has 0 radical (unpaired) electrons. The number of hydrogen-bond acceptors (Lipinski definition) is 4. The summed E-state index contributed by atoms with van der Waals surface area (Å²) in [6, 6.07) is 0.239. The Morgan fingerprint density at radius 3 is 2.63 bits per heavy atom. The lowest BCUT2D eigenvalue weighted by Gasteiger charge is -2.29. The molecule has 1 aliphatic heterocycles. The molecule has 2 aliphatic rings. The summed E-state index contributed by atoms with van der Waals surface area (Å²) in [5.74, 6) is 0.775. The zero-order valence-corrected chi connectivity index (χ0v) is 12.8. The summed E-state index contributed by atoms with van der Waals surface area (Å²) in [5.41, 5.74) is 0. The van der Waals surface area contributed by atoms with Gasteiger partial charge in [-0.1, -0.05) is 0 Å². The zero-order valence-electron chi connectivity index (χ0n) is 12.0. The van der Waals surface area contributed by atoms with E-state index in [1.807, 2.05) is 6.92 Å². The monoisotopic (exact) mass is 290 g/mol. The van der Waals surface area contributed by atoms with Crippen molar-refractivity contribution >= 4 is 10.0 Å². The van der Waals surface area contributed by atoms with Crippen LogP contribution in [0.15, 0.2) is 0 Å². The van der Waals surface area contributed by atoms with Gasteiger partial charge in [-0.3, -0.25) is 0 Å². The lowest BCUT2D eigenvalue weighted by atomic mass is 10.2. The van der Waals surface area contributed by atoms with Crippen molar-refractivity contribution in [3.8, 4) is 0 Å². The predicted molar refractivity (Wildman–Crippen MR) is 75.6 cm³/mol. The Morgan fingerprint density at radius 2 is 2.11 bits per heavy atom. The van der Waals surface area contributed by atoms with Crippen molar-refractivity contribution in [2.75, 3.05) is 32.6 Å². The molecule has 6 heteroatoms. The molecule has 2 unspecified atom stereocenters. The van der Waals surface area contributed by atoms with Crippen LogP contribution in [0.25, 0.3) is 0 Å². The summed E-state index contributed by atoms with van der Waals surface area (Å²) in [7, 11) is -1.58. The third-order valence-electron chi connectivity index (χ3n) is 4.21. The first-order valence-corrected chi connectivity index (χ1v) is 8.87. The summed E-state index contributed by atoms with van der Waals surface area (Å²) in [5, 5.41) is 3.27. The Morgan fingerprint density at radius 1 is 1.37 bits per heavy atom. The standard InChI is InChI=1S/C13H26N2O3S/c1-11(12-5-6-12)15(8-9-18-2)19(16,17)10-13-4-3-7-14-13/h11-14H,3-10H2,1-2H3. The normalized spacial score (nSPS) is 25.9. The van der Waals surface area contributed by atoms with E-state index in [4.69, 9.17) is 4.74 Å². The lowest BCUT2D eigenvalue weighted by Crippen LogP contribution is -2.46. The van der Waals surface area contributed by atoms with Crippen molar-refractivity contribution in [3.63, 3.8) is 0 Å². The number of ether oxygens (including phenoxy) is 1. The maximum Gasteiger partial charge on any atom is 0.215 e. The highest BCUT2D eigenvalue weighted by atomic mass is 32.2.